The zero-order chi connectivity index (χ0) is 11.6. The number of benzene rings is 1. The second-order valence-electron chi connectivity index (χ2n) is 3.74. The molecule has 0 aliphatic heterocycles. The van der Waals surface area contributed by atoms with Crippen LogP contribution in [0.2, 0.25) is 0 Å². The highest BCUT2D eigenvalue weighted by Gasteiger charge is 2.15. The molecule has 0 aliphatic carbocycles. The monoisotopic (exact) mass is 228 g/mol. The lowest BCUT2D eigenvalue weighted by molar-refractivity contribution is 0.201. The van der Waals surface area contributed by atoms with Crippen molar-refractivity contribution in [2.24, 2.45) is 0 Å². The molecule has 1 aromatic rings. The number of methoxy groups -OCH3 is 1. The Morgan fingerprint density at radius 1 is 1.33 bits per heavy atom. The number of alkyl halides is 1. The van der Waals surface area contributed by atoms with Crippen molar-refractivity contribution in [3.63, 3.8) is 0 Å². The lowest BCUT2D eigenvalue weighted by Gasteiger charge is -2.18. The van der Waals surface area contributed by atoms with Crippen LogP contribution in [0.15, 0.2) is 6.07 Å². The molecule has 3 heteroatoms. The number of halogens is 1. The highest BCUT2D eigenvalue weighted by molar-refractivity contribution is 6.18. The molecular formula is C12H17ClO2. The Morgan fingerprint density at radius 2 is 1.93 bits per heavy atom. The standard InChI is InChI=1S/C12H17ClO2/c1-7-5-10(11(14)6-13)8(2)9(3)12(7)15-4/h5,11,14H,6H2,1-4H3. The van der Waals surface area contributed by atoms with Crippen molar-refractivity contribution in [1.82, 2.24) is 0 Å². The number of aryl methyl sites for hydroxylation is 1. The van der Waals surface area contributed by atoms with E-state index in [1.807, 2.05) is 26.8 Å². The smallest absolute Gasteiger partial charge is 0.124 e. The Bertz CT molecular complexity index is 361. The van der Waals surface area contributed by atoms with E-state index in [1.54, 1.807) is 7.11 Å². The van der Waals surface area contributed by atoms with E-state index < -0.39 is 6.10 Å². The number of hydrogen-bond donors (Lipinski definition) is 1. The van der Waals surface area contributed by atoms with Crippen LogP contribution in [-0.4, -0.2) is 18.1 Å². The lowest BCUT2D eigenvalue weighted by Crippen LogP contribution is -2.05. The molecule has 0 saturated carbocycles. The SMILES string of the molecule is COc1c(C)cc(C(O)CCl)c(C)c1C. The Balaban J connectivity index is 3.33. The molecule has 1 rings (SSSR count). The normalized spacial score (nSPS) is 12.7. The van der Waals surface area contributed by atoms with E-state index in [-0.39, 0.29) is 5.88 Å². The molecule has 1 unspecified atom stereocenters. The highest BCUT2D eigenvalue weighted by Crippen LogP contribution is 2.31. The van der Waals surface area contributed by atoms with Gasteiger partial charge in [-0.05, 0) is 49.1 Å². The Morgan fingerprint density at radius 3 is 2.40 bits per heavy atom. The average molecular weight is 229 g/mol. The third-order valence-electron chi connectivity index (χ3n) is 2.78. The van der Waals surface area contributed by atoms with Gasteiger partial charge in [0.1, 0.15) is 5.75 Å². The van der Waals surface area contributed by atoms with Gasteiger partial charge in [0.15, 0.2) is 0 Å². The molecule has 0 aromatic heterocycles. The summed E-state index contributed by atoms with van der Waals surface area (Å²) >= 11 is 5.66. The van der Waals surface area contributed by atoms with Crippen molar-refractivity contribution in [3.8, 4) is 5.75 Å². The van der Waals surface area contributed by atoms with Gasteiger partial charge in [-0.2, -0.15) is 0 Å². The van der Waals surface area contributed by atoms with Crippen molar-refractivity contribution in [3.05, 3.63) is 28.3 Å². The first-order chi connectivity index (χ1) is 7.02. The fourth-order valence-corrected chi connectivity index (χ4v) is 2.00. The number of rotatable bonds is 3. The minimum Gasteiger partial charge on any atom is -0.496 e. The highest BCUT2D eigenvalue weighted by atomic mass is 35.5. The van der Waals surface area contributed by atoms with Crippen LogP contribution in [0.4, 0.5) is 0 Å². The van der Waals surface area contributed by atoms with Gasteiger partial charge in [-0.25, -0.2) is 0 Å². The minimum absolute atomic E-state index is 0.214. The first-order valence-electron chi connectivity index (χ1n) is 4.91. The van der Waals surface area contributed by atoms with Crippen LogP contribution in [0.25, 0.3) is 0 Å². The number of aliphatic hydroxyl groups is 1. The van der Waals surface area contributed by atoms with Crippen molar-refractivity contribution in [2.75, 3.05) is 13.0 Å². The van der Waals surface area contributed by atoms with Crippen LogP contribution < -0.4 is 4.74 Å². The van der Waals surface area contributed by atoms with Crippen molar-refractivity contribution in [1.29, 1.82) is 0 Å². The maximum atomic E-state index is 9.75. The van der Waals surface area contributed by atoms with Crippen LogP contribution in [0.1, 0.15) is 28.4 Å². The molecule has 0 aliphatic rings. The van der Waals surface area contributed by atoms with E-state index >= 15 is 0 Å². The lowest BCUT2D eigenvalue weighted by atomic mass is 9.96. The van der Waals surface area contributed by atoms with Gasteiger partial charge in [-0.3, -0.25) is 0 Å². The first-order valence-corrected chi connectivity index (χ1v) is 5.45. The van der Waals surface area contributed by atoms with Gasteiger partial charge in [0.05, 0.1) is 19.1 Å². The summed E-state index contributed by atoms with van der Waals surface area (Å²) in [6.45, 7) is 5.93. The summed E-state index contributed by atoms with van der Waals surface area (Å²) in [6.07, 6.45) is -0.602. The first kappa shape index (κ1) is 12.3. The quantitative estimate of drug-likeness (QED) is 0.807. The van der Waals surface area contributed by atoms with E-state index in [9.17, 15) is 5.11 Å². The molecule has 0 fully saturated rings. The molecule has 0 spiro atoms. The van der Waals surface area contributed by atoms with Crippen LogP contribution in [0, 0.1) is 20.8 Å². The van der Waals surface area contributed by atoms with Crippen molar-refractivity contribution >= 4 is 11.6 Å². The third kappa shape index (κ3) is 2.27. The fraction of sp³-hybridized carbons (Fsp3) is 0.500. The Hall–Kier alpha value is -0.730. The summed E-state index contributed by atoms with van der Waals surface area (Å²) in [4.78, 5) is 0. The van der Waals surface area contributed by atoms with Gasteiger partial charge in [-0.1, -0.05) is 0 Å². The van der Waals surface area contributed by atoms with E-state index in [2.05, 4.69) is 0 Å². The summed E-state index contributed by atoms with van der Waals surface area (Å²) in [7, 11) is 1.66. The molecular weight excluding hydrogens is 212 g/mol. The summed E-state index contributed by atoms with van der Waals surface area (Å²) in [6, 6.07) is 1.94. The van der Waals surface area contributed by atoms with Gasteiger partial charge >= 0.3 is 0 Å². The third-order valence-corrected chi connectivity index (χ3v) is 3.07. The topological polar surface area (TPSA) is 29.5 Å². The molecule has 0 heterocycles. The van der Waals surface area contributed by atoms with Crippen LogP contribution in [-0.2, 0) is 0 Å². The van der Waals surface area contributed by atoms with E-state index in [0.717, 1.165) is 28.0 Å². The molecule has 15 heavy (non-hydrogen) atoms. The second kappa shape index (κ2) is 4.86. The largest absolute Gasteiger partial charge is 0.496 e. The Kier molecular flexibility index (Phi) is 4.00. The molecule has 1 N–H and O–H groups in total. The van der Waals surface area contributed by atoms with E-state index in [1.165, 1.54) is 0 Å². The van der Waals surface area contributed by atoms with Crippen molar-refractivity contribution in [2.45, 2.75) is 26.9 Å². The van der Waals surface area contributed by atoms with E-state index in [0.29, 0.717) is 0 Å². The van der Waals surface area contributed by atoms with Gasteiger partial charge in [0, 0.05) is 0 Å². The maximum absolute atomic E-state index is 9.75. The van der Waals surface area contributed by atoms with E-state index in [4.69, 9.17) is 16.3 Å². The maximum Gasteiger partial charge on any atom is 0.124 e. The number of hydrogen-bond acceptors (Lipinski definition) is 2. The summed E-state index contributed by atoms with van der Waals surface area (Å²) in [5.74, 6) is 1.10. The molecule has 1 aromatic carbocycles. The molecule has 0 amide bonds. The Labute approximate surface area is 95.8 Å². The number of ether oxygens (including phenoxy) is 1. The average Bonchev–Trinajstić information content (AvgIpc) is 2.23. The molecule has 2 nitrogen and oxygen atoms in total. The van der Waals surface area contributed by atoms with Crippen LogP contribution in [0.5, 0.6) is 5.75 Å². The van der Waals surface area contributed by atoms with Crippen LogP contribution in [0.3, 0.4) is 0 Å². The second-order valence-corrected chi connectivity index (χ2v) is 4.04. The predicted molar refractivity (Wildman–Crippen MR) is 62.9 cm³/mol. The zero-order valence-electron chi connectivity index (χ0n) is 9.60. The van der Waals surface area contributed by atoms with Crippen molar-refractivity contribution < 1.29 is 9.84 Å². The van der Waals surface area contributed by atoms with Gasteiger partial charge in [0.25, 0.3) is 0 Å². The van der Waals surface area contributed by atoms with Crippen LogP contribution >= 0.6 is 11.6 Å². The van der Waals surface area contributed by atoms with Gasteiger partial charge < -0.3 is 9.84 Å². The molecule has 1 atom stereocenters. The molecule has 0 radical (unpaired) electrons. The van der Waals surface area contributed by atoms with Gasteiger partial charge in [-0.15, -0.1) is 11.6 Å². The number of aliphatic hydroxyl groups excluding tert-OH is 1. The minimum atomic E-state index is -0.602. The molecule has 0 bridgehead atoms. The van der Waals surface area contributed by atoms with Gasteiger partial charge in [0.2, 0.25) is 0 Å². The summed E-state index contributed by atoms with van der Waals surface area (Å²) < 4.78 is 5.31. The molecule has 0 saturated heterocycles. The summed E-state index contributed by atoms with van der Waals surface area (Å²) in [5.41, 5.74) is 4.03. The fourth-order valence-electron chi connectivity index (χ4n) is 1.83. The summed E-state index contributed by atoms with van der Waals surface area (Å²) in [5, 5.41) is 9.75. The predicted octanol–water partition coefficient (Wildman–Crippen LogP) is 2.89. The molecule has 84 valence electrons. The zero-order valence-corrected chi connectivity index (χ0v) is 10.4.